The fraction of sp³-hybridized carbons (Fsp3) is 0.500. The van der Waals surface area contributed by atoms with Crippen LogP contribution in [0.2, 0.25) is 0 Å². The van der Waals surface area contributed by atoms with Gasteiger partial charge in [0.05, 0.1) is 12.4 Å². The zero-order valence-corrected chi connectivity index (χ0v) is 15.1. The third-order valence-corrected chi connectivity index (χ3v) is 7.90. The van der Waals surface area contributed by atoms with E-state index in [4.69, 9.17) is 4.74 Å². The SMILES string of the molecule is Cn1nccc1C(=O)N1CC2(C1)C(COc1ncccn1)CCS2(=O)=O. The molecule has 2 fully saturated rings. The highest BCUT2D eigenvalue weighted by molar-refractivity contribution is 7.93. The minimum Gasteiger partial charge on any atom is -0.463 e. The van der Waals surface area contributed by atoms with E-state index in [-0.39, 0.29) is 43.3 Å². The predicted octanol–water partition coefficient (Wildman–Crippen LogP) is -0.0816. The van der Waals surface area contributed by atoms with Crippen LogP contribution in [0.15, 0.2) is 30.7 Å². The van der Waals surface area contributed by atoms with E-state index in [1.807, 2.05) is 0 Å². The van der Waals surface area contributed by atoms with Crippen molar-refractivity contribution in [1.82, 2.24) is 24.6 Å². The molecule has 4 heterocycles. The number of likely N-dealkylation sites (tertiary alicyclic amines) is 1. The van der Waals surface area contributed by atoms with E-state index >= 15 is 0 Å². The topological polar surface area (TPSA) is 107 Å². The molecule has 2 aliphatic rings. The number of ether oxygens (including phenoxy) is 1. The quantitative estimate of drug-likeness (QED) is 0.733. The summed E-state index contributed by atoms with van der Waals surface area (Å²) in [6.07, 6.45) is 5.21. The Morgan fingerprint density at radius 3 is 2.69 bits per heavy atom. The van der Waals surface area contributed by atoms with E-state index in [1.165, 1.54) is 4.68 Å². The normalized spacial score (nSPS) is 23.0. The molecule has 0 aromatic carbocycles. The number of carbonyl (C=O) groups excluding carboxylic acids is 1. The van der Waals surface area contributed by atoms with E-state index in [2.05, 4.69) is 15.1 Å². The number of carbonyl (C=O) groups is 1. The van der Waals surface area contributed by atoms with E-state index in [0.29, 0.717) is 12.1 Å². The van der Waals surface area contributed by atoms with Gasteiger partial charge < -0.3 is 9.64 Å². The van der Waals surface area contributed by atoms with E-state index in [9.17, 15) is 13.2 Å². The number of hydrogen-bond acceptors (Lipinski definition) is 7. The Labute approximate surface area is 150 Å². The molecule has 26 heavy (non-hydrogen) atoms. The Balaban J connectivity index is 1.48. The Bertz CT molecular complexity index is 921. The van der Waals surface area contributed by atoms with Crippen LogP contribution < -0.4 is 4.74 Å². The van der Waals surface area contributed by atoms with Crippen molar-refractivity contribution in [1.29, 1.82) is 0 Å². The highest BCUT2D eigenvalue weighted by Gasteiger charge is 2.62. The number of rotatable bonds is 4. The second kappa shape index (κ2) is 6.04. The van der Waals surface area contributed by atoms with E-state index in [1.54, 1.807) is 42.7 Å². The van der Waals surface area contributed by atoms with Crippen molar-refractivity contribution in [3.8, 4) is 6.01 Å². The molecule has 1 unspecified atom stereocenters. The molecule has 9 nitrogen and oxygen atoms in total. The van der Waals surface area contributed by atoms with Crippen LogP contribution in [0, 0.1) is 5.92 Å². The van der Waals surface area contributed by atoms with E-state index < -0.39 is 14.6 Å². The molecule has 2 aromatic rings. The van der Waals surface area contributed by atoms with Gasteiger partial charge in [-0.25, -0.2) is 18.4 Å². The highest BCUT2D eigenvalue weighted by atomic mass is 32.2. The molecule has 0 bridgehead atoms. The summed E-state index contributed by atoms with van der Waals surface area (Å²) in [5.41, 5.74) is 0.445. The minimum atomic E-state index is -3.29. The second-order valence-corrected chi connectivity index (χ2v) is 9.16. The maximum absolute atomic E-state index is 12.7. The molecule has 2 aromatic heterocycles. The summed E-state index contributed by atoms with van der Waals surface area (Å²) < 4.78 is 31.5. The van der Waals surface area contributed by atoms with Crippen molar-refractivity contribution in [2.24, 2.45) is 13.0 Å². The molecule has 2 saturated heterocycles. The van der Waals surface area contributed by atoms with Crippen LogP contribution in [0.4, 0.5) is 0 Å². The first-order valence-corrected chi connectivity index (χ1v) is 9.97. The second-order valence-electron chi connectivity index (χ2n) is 6.71. The summed E-state index contributed by atoms with van der Waals surface area (Å²) in [4.78, 5) is 22.1. The largest absolute Gasteiger partial charge is 0.463 e. The lowest BCUT2D eigenvalue weighted by atomic mass is 9.83. The van der Waals surface area contributed by atoms with Crippen molar-refractivity contribution in [3.05, 3.63) is 36.4 Å². The molecule has 1 amide bonds. The van der Waals surface area contributed by atoms with Gasteiger partial charge in [-0.05, 0) is 18.6 Å². The summed E-state index contributed by atoms with van der Waals surface area (Å²) in [6.45, 7) is 0.586. The van der Waals surface area contributed by atoms with Gasteiger partial charge in [0.15, 0.2) is 9.84 Å². The van der Waals surface area contributed by atoms with Gasteiger partial charge in [0, 0.05) is 44.6 Å². The summed E-state index contributed by atoms with van der Waals surface area (Å²) in [5, 5.41) is 3.99. The fourth-order valence-electron chi connectivity index (χ4n) is 3.73. The molecule has 0 radical (unpaired) electrons. The number of nitrogens with zero attached hydrogens (tertiary/aromatic N) is 5. The molecule has 4 rings (SSSR count). The van der Waals surface area contributed by atoms with Gasteiger partial charge >= 0.3 is 6.01 Å². The fourth-order valence-corrected chi connectivity index (χ4v) is 6.13. The summed E-state index contributed by atoms with van der Waals surface area (Å²) in [7, 11) is -1.60. The number of sulfone groups is 1. The van der Waals surface area contributed by atoms with Crippen LogP contribution >= 0.6 is 0 Å². The standard InChI is InChI=1S/C16H19N5O4S/c1-20-13(3-7-19-20)14(22)21-10-16(11-21)12(4-8-26(16,23)24)9-25-15-17-5-2-6-18-15/h2-3,5-7,12H,4,8-11H2,1H3. The van der Waals surface area contributed by atoms with Crippen LogP contribution in [0.25, 0.3) is 0 Å². The van der Waals surface area contributed by atoms with Crippen molar-refractivity contribution < 1.29 is 17.9 Å². The molecule has 0 N–H and O–H groups in total. The molecule has 0 saturated carbocycles. The summed E-state index contributed by atoms with van der Waals surface area (Å²) in [6, 6.07) is 3.54. The molecular weight excluding hydrogens is 358 g/mol. The monoisotopic (exact) mass is 377 g/mol. The summed E-state index contributed by atoms with van der Waals surface area (Å²) in [5.74, 6) is -0.277. The maximum atomic E-state index is 12.7. The number of amides is 1. The predicted molar refractivity (Wildman–Crippen MR) is 91.3 cm³/mol. The maximum Gasteiger partial charge on any atom is 0.316 e. The van der Waals surface area contributed by atoms with Crippen molar-refractivity contribution in [2.45, 2.75) is 11.2 Å². The van der Waals surface area contributed by atoms with Crippen LogP contribution in [-0.2, 0) is 16.9 Å². The smallest absolute Gasteiger partial charge is 0.316 e. The zero-order chi connectivity index (χ0) is 18.4. The number of aromatic nitrogens is 4. The van der Waals surface area contributed by atoms with Gasteiger partial charge in [-0.15, -0.1) is 0 Å². The molecule has 138 valence electrons. The van der Waals surface area contributed by atoms with Gasteiger partial charge in [-0.2, -0.15) is 5.10 Å². The Kier molecular flexibility index (Phi) is 3.94. The van der Waals surface area contributed by atoms with Gasteiger partial charge in [0.25, 0.3) is 5.91 Å². The minimum absolute atomic E-state index is 0.115. The Morgan fingerprint density at radius 1 is 1.31 bits per heavy atom. The lowest BCUT2D eigenvalue weighted by Crippen LogP contribution is -2.69. The third-order valence-electron chi connectivity index (χ3n) is 5.30. The average Bonchev–Trinajstić information content (AvgIpc) is 3.12. The number of hydrogen-bond donors (Lipinski definition) is 0. The Morgan fingerprint density at radius 2 is 2.04 bits per heavy atom. The first-order chi connectivity index (χ1) is 12.4. The molecule has 10 heteroatoms. The summed E-state index contributed by atoms with van der Waals surface area (Å²) >= 11 is 0. The molecule has 1 spiro atoms. The van der Waals surface area contributed by atoms with Gasteiger partial charge in [-0.3, -0.25) is 9.48 Å². The number of aryl methyl sites for hydroxylation is 1. The highest BCUT2D eigenvalue weighted by Crippen LogP contribution is 2.45. The van der Waals surface area contributed by atoms with Gasteiger partial charge in [-0.1, -0.05) is 0 Å². The van der Waals surface area contributed by atoms with Gasteiger partial charge in [0.2, 0.25) is 0 Å². The molecule has 1 atom stereocenters. The zero-order valence-electron chi connectivity index (χ0n) is 14.3. The van der Waals surface area contributed by atoms with Crippen molar-refractivity contribution in [2.75, 3.05) is 25.4 Å². The van der Waals surface area contributed by atoms with Crippen LogP contribution in [0.1, 0.15) is 16.9 Å². The molecule has 2 aliphatic heterocycles. The van der Waals surface area contributed by atoms with Gasteiger partial charge in [0.1, 0.15) is 10.4 Å². The lowest BCUT2D eigenvalue weighted by molar-refractivity contribution is 0.0393. The first-order valence-electron chi connectivity index (χ1n) is 8.32. The first kappa shape index (κ1) is 17.0. The lowest BCUT2D eigenvalue weighted by Gasteiger charge is -2.49. The molecular formula is C16H19N5O4S. The average molecular weight is 377 g/mol. The van der Waals surface area contributed by atoms with Crippen LogP contribution in [0.5, 0.6) is 6.01 Å². The third kappa shape index (κ3) is 2.56. The molecule has 0 aliphatic carbocycles. The van der Waals surface area contributed by atoms with Crippen LogP contribution in [0.3, 0.4) is 0 Å². The van der Waals surface area contributed by atoms with Crippen molar-refractivity contribution in [3.63, 3.8) is 0 Å². The van der Waals surface area contributed by atoms with E-state index in [0.717, 1.165) is 0 Å². The van der Waals surface area contributed by atoms with Crippen molar-refractivity contribution >= 4 is 15.7 Å². The Hall–Kier alpha value is -2.49. The van der Waals surface area contributed by atoms with Crippen LogP contribution in [-0.4, -0.2) is 69.2 Å².